The molecule has 0 atom stereocenters. The molecule has 0 saturated carbocycles. The molecule has 0 aliphatic carbocycles. The van der Waals surface area contributed by atoms with Gasteiger partial charge in [0.05, 0.1) is 6.54 Å². The second-order valence-electron chi connectivity index (χ2n) is 6.27. The number of hydrogen-bond acceptors (Lipinski definition) is 5. The van der Waals surface area contributed by atoms with Crippen molar-refractivity contribution in [3.05, 3.63) is 36.0 Å². The molecule has 6 nitrogen and oxygen atoms in total. The average molecular weight is 318 g/mol. The van der Waals surface area contributed by atoms with Crippen molar-refractivity contribution >= 4 is 5.91 Å². The number of nitrogens with zero attached hydrogens (tertiary/aromatic N) is 3. The van der Waals surface area contributed by atoms with Crippen LogP contribution in [-0.2, 0) is 11.3 Å². The number of hydrogen-bond donors (Lipinski definition) is 1. The molecule has 0 bridgehead atoms. The maximum atomic E-state index is 13.3. The monoisotopic (exact) mass is 318 g/mol. The molecule has 1 fully saturated rings. The summed E-state index contributed by atoms with van der Waals surface area (Å²) in [7, 11) is 0. The Morgan fingerprint density at radius 2 is 2.22 bits per heavy atom. The fourth-order valence-electron chi connectivity index (χ4n) is 2.71. The van der Waals surface area contributed by atoms with E-state index in [4.69, 9.17) is 4.42 Å². The molecule has 0 radical (unpaired) electrons. The van der Waals surface area contributed by atoms with E-state index in [1.807, 2.05) is 13.8 Å². The van der Waals surface area contributed by atoms with Gasteiger partial charge in [-0.3, -0.25) is 9.69 Å². The Labute approximate surface area is 133 Å². The Morgan fingerprint density at radius 1 is 1.39 bits per heavy atom. The van der Waals surface area contributed by atoms with Gasteiger partial charge in [-0.15, -0.1) is 10.2 Å². The van der Waals surface area contributed by atoms with Crippen molar-refractivity contribution in [2.24, 2.45) is 0 Å². The number of carbonyl (C=O) groups excluding carboxylic acids is 1. The van der Waals surface area contributed by atoms with Gasteiger partial charge in [0, 0.05) is 30.6 Å². The third kappa shape index (κ3) is 3.56. The molecule has 1 aliphatic heterocycles. The van der Waals surface area contributed by atoms with Crippen LogP contribution >= 0.6 is 0 Å². The number of carbonyl (C=O) groups is 1. The molecule has 23 heavy (non-hydrogen) atoms. The van der Waals surface area contributed by atoms with Gasteiger partial charge in [-0.1, -0.05) is 6.07 Å². The first-order valence-electron chi connectivity index (χ1n) is 7.54. The summed E-state index contributed by atoms with van der Waals surface area (Å²) in [5.74, 6) is 0.442. The molecule has 1 amide bonds. The van der Waals surface area contributed by atoms with E-state index in [2.05, 4.69) is 20.4 Å². The van der Waals surface area contributed by atoms with Crippen LogP contribution < -0.4 is 5.32 Å². The van der Waals surface area contributed by atoms with Crippen molar-refractivity contribution in [1.29, 1.82) is 0 Å². The van der Waals surface area contributed by atoms with Crippen molar-refractivity contribution in [1.82, 2.24) is 20.4 Å². The number of rotatable bonds is 3. The van der Waals surface area contributed by atoms with Crippen molar-refractivity contribution in [3.8, 4) is 11.5 Å². The molecule has 2 heterocycles. The predicted octanol–water partition coefficient (Wildman–Crippen LogP) is 1.98. The Bertz CT molecular complexity index is 714. The minimum Gasteiger partial charge on any atom is -0.419 e. The first-order chi connectivity index (χ1) is 10.9. The fraction of sp³-hybridized carbons (Fsp3) is 0.438. The summed E-state index contributed by atoms with van der Waals surface area (Å²) < 4.78 is 18.9. The van der Waals surface area contributed by atoms with Gasteiger partial charge in [-0.25, -0.2) is 4.39 Å². The van der Waals surface area contributed by atoms with E-state index in [9.17, 15) is 9.18 Å². The molecule has 2 aromatic rings. The van der Waals surface area contributed by atoms with E-state index in [0.717, 1.165) is 0 Å². The highest BCUT2D eigenvalue weighted by atomic mass is 19.1. The minimum atomic E-state index is -0.347. The van der Waals surface area contributed by atoms with Gasteiger partial charge >= 0.3 is 0 Å². The van der Waals surface area contributed by atoms with Crippen molar-refractivity contribution in [2.45, 2.75) is 32.4 Å². The first kappa shape index (κ1) is 15.6. The molecule has 1 aromatic carbocycles. The van der Waals surface area contributed by atoms with E-state index < -0.39 is 0 Å². The lowest BCUT2D eigenvalue weighted by molar-refractivity contribution is -0.122. The number of amides is 1. The Hall–Kier alpha value is -2.28. The van der Waals surface area contributed by atoms with E-state index in [1.165, 1.54) is 12.1 Å². The standard InChI is InChI=1S/C16H19FN4O2/c1-16(2)9-13(22)18-6-7-21(16)10-14-19-20-15(23-14)11-4-3-5-12(17)8-11/h3-5,8H,6-7,9-10H2,1-2H3,(H,18,22). The lowest BCUT2D eigenvalue weighted by atomic mass is 9.98. The molecular formula is C16H19FN4O2. The smallest absolute Gasteiger partial charge is 0.247 e. The van der Waals surface area contributed by atoms with Gasteiger partial charge in [0.2, 0.25) is 17.7 Å². The van der Waals surface area contributed by atoms with Gasteiger partial charge in [0.15, 0.2) is 0 Å². The molecule has 3 rings (SSSR count). The number of nitrogens with one attached hydrogen (secondary N) is 1. The van der Waals surface area contributed by atoms with Crippen LogP contribution in [0.15, 0.2) is 28.7 Å². The lowest BCUT2D eigenvalue weighted by Crippen LogP contribution is -2.44. The Balaban J connectivity index is 1.77. The van der Waals surface area contributed by atoms with Gasteiger partial charge in [0.1, 0.15) is 5.82 Å². The minimum absolute atomic E-state index is 0.0449. The third-order valence-electron chi connectivity index (χ3n) is 4.02. The predicted molar refractivity (Wildman–Crippen MR) is 81.8 cm³/mol. The molecule has 0 spiro atoms. The Morgan fingerprint density at radius 3 is 3.00 bits per heavy atom. The number of halogens is 1. The summed E-state index contributed by atoms with van der Waals surface area (Å²) in [5, 5.41) is 10.9. The van der Waals surface area contributed by atoms with Crippen LogP contribution in [0.3, 0.4) is 0 Å². The Kier molecular flexibility index (Phi) is 4.12. The molecule has 0 unspecified atom stereocenters. The SMILES string of the molecule is CC1(C)CC(=O)NCCN1Cc1nnc(-c2cccc(F)c2)o1. The third-order valence-corrected chi connectivity index (χ3v) is 4.02. The average Bonchev–Trinajstić information content (AvgIpc) is 2.89. The van der Waals surface area contributed by atoms with Crippen LogP contribution in [0.2, 0.25) is 0 Å². The van der Waals surface area contributed by atoms with Gasteiger partial charge in [-0.05, 0) is 32.0 Å². The summed E-state index contributed by atoms with van der Waals surface area (Å²) in [4.78, 5) is 13.8. The van der Waals surface area contributed by atoms with Crippen LogP contribution in [0.4, 0.5) is 4.39 Å². The van der Waals surface area contributed by atoms with E-state index in [1.54, 1.807) is 12.1 Å². The topological polar surface area (TPSA) is 71.3 Å². The normalized spacial score (nSPS) is 18.5. The first-order valence-corrected chi connectivity index (χ1v) is 7.54. The zero-order valence-corrected chi connectivity index (χ0v) is 13.2. The van der Waals surface area contributed by atoms with Crippen LogP contribution in [0.25, 0.3) is 11.5 Å². The second-order valence-corrected chi connectivity index (χ2v) is 6.27. The van der Waals surface area contributed by atoms with Gasteiger partial charge in [-0.2, -0.15) is 0 Å². The van der Waals surface area contributed by atoms with Crippen LogP contribution in [0.1, 0.15) is 26.2 Å². The van der Waals surface area contributed by atoms with E-state index in [0.29, 0.717) is 43.4 Å². The maximum Gasteiger partial charge on any atom is 0.247 e. The van der Waals surface area contributed by atoms with Crippen molar-refractivity contribution in [2.75, 3.05) is 13.1 Å². The molecule has 1 aliphatic rings. The zero-order chi connectivity index (χ0) is 16.4. The van der Waals surface area contributed by atoms with Crippen LogP contribution in [0, 0.1) is 5.82 Å². The fourth-order valence-corrected chi connectivity index (χ4v) is 2.71. The summed E-state index contributed by atoms with van der Waals surface area (Å²) >= 11 is 0. The maximum absolute atomic E-state index is 13.3. The second kappa shape index (κ2) is 6.08. The molecule has 7 heteroatoms. The highest BCUT2D eigenvalue weighted by Gasteiger charge is 2.32. The highest BCUT2D eigenvalue weighted by Crippen LogP contribution is 2.24. The summed E-state index contributed by atoms with van der Waals surface area (Å²) in [6, 6.07) is 6.04. The molecule has 1 N–H and O–H groups in total. The quantitative estimate of drug-likeness (QED) is 0.937. The summed E-state index contributed by atoms with van der Waals surface area (Å²) in [6.45, 7) is 5.78. The van der Waals surface area contributed by atoms with Crippen molar-refractivity contribution < 1.29 is 13.6 Å². The summed E-state index contributed by atoms with van der Waals surface area (Å²) in [5.41, 5.74) is 0.254. The lowest BCUT2D eigenvalue weighted by Gasteiger charge is -2.34. The highest BCUT2D eigenvalue weighted by molar-refractivity contribution is 5.77. The number of benzene rings is 1. The van der Waals surface area contributed by atoms with Crippen molar-refractivity contribution in [3.63, 3.8) is 0 Å². The number of aromatic nitrogens is 2. The van der Waals surface area contributed by atoms with Gasteiger partial charge < -0.3 is 9.73 Å². The molecular weight excluding hydrogens is 299 g/mol. The molecule has 1 aromatic heterocycles. The molecule has 1 saturated heterocycles. The largest absolute Gasteiger partial charge is 0.419 e. The van der Waals surface area contributed by atoms with E-state index >= 15 is 0 Å². The summed E-state index contributed by atoms with van der Waals surface area (Å²) in [6.07, 6.45) is 0.415. The van der Waals surface area contributed by atoms with Gasteiger partial charge in [0.25, 0.3) is 0 Å². The van der Waals surface area contributed by atoms with Crippen LogP contribution in [0.5, 0.6) is 0 Å². The zero-order valence-electron chi connectivity index (χ0n) is 13.2. The van der Waals surface area contributed by atoms with E-state index in [-0.39, 0.29) is 17.3 Å². The van der Waals surface area contributed by atoms with Crippen LogP contribution in [-0.4, -0.2) is 39.6 Å². The molecule has 122 valence electrons.